The van der Waals surface area contributed by atoms with Gasteiger partial charge in [-0.3, -0.25) is 9.59 Å². The van der Waals surface area contributed by atoms with Crippen molar-refractivity contribution in [3.8, 4) is 51.6 Å². The fourth-order valence-corrected chi connectivity index (χ4v) is 5.02. The van der Waals surface area contributed by atoms with Gasteiger partial charge in [0.15, 0.2) is 28.8 Å². The largest absolute Gasteiger partial charge is 0.507 e. The van der Waals surface area contributed by atoms with Crippen molar-refractivity contribution in [2.75, 3.05) is 7.11 Å². The van der Waals surface area contributed by atoms with Crippen LogP contribution >= 0.6 is 0 Å². The molecule has 0 bridgehead atoms. The number of aryl methyl sites for hydroxylation is 1. The number of rotatable bonds is 6. The molecule has 0 saturated heterocycles. The van der Waals surface area contributed by atoms with Crippen LogP contribution in [0, 0.1) is 0 Å². The zero-order chi connectivity index (χ0) is 29.7. The second-order valence-electron chi connectivity index (χ2n) is 9.71. The molecule has 214 valence electrons. The molecule has 2 aromatic heterocycles. The second kappa shape index (κ2) is 10.1. The van der Waals surface area contributed by atoms with Gasteiger partial charge in [-0.2, -0.15) is 0 Å². The van der Waals surface area contributed by atoms with Crippen LogP contribution in [0.15, 0.2) is 64.1 Å². The van der Waals surface area contributed by atoms with Crippen molar-refractivity contribution in [3.05, 3.63) is 82.0 Å². The highest BCUT2D eigenvalue weighted by Gasteiger charge is 2.35. The molecular formula is C30H24N2O10. The van der Waals surface area contributed by atoms with Crippen molar-refractivity contribution in [1.29, 1.82) is 0 Å². The predicted molar refractivity (Wildman–Crippen MR) is 147 cm³/mol. The van der Waals surface area contributed by atoms with Gasteiger partial charge in [-0.25, -0.2) is 4.98 Å². The number of esters is 1. The number of imidazole rings is 1. The molecule has 0 radical (unpaired) electrons. The van der Waals surface area contributed by atoms with E-state index < -0.39 is 40.3 Å². The lowest BCUT2D eigenvalue weighted by atomic mass is 9.85. The number of ether oxygens (including phenoxy) is 3. The zero-order valence-corrected chi connectivity index (χ0v) is 22.3. The molecule has 1 aliphatic rings. The highest BCUT2D eigenvalue weighted by Crippen LogP contribution is 2.48. The number of hydrogen-bond donors (Lipinski definition) is 4. The van der Waals surface area contributed by atoms with Gasteiger partial charge in [0.25, 0.3) is 0 Å². The summed E-state index contributed by atoms with van der Waals surface area (Å²) in [7, 11) is 3.33. The van der Waals surface area contributed by atoms with E-state index in [9.17, 15) is 30.0 Å². The van der Waals surface area contributed by atoms with E-state index in [2.05, 4.69) is 4.98 Å². The predicted octanol–water partition coefficient (Wildman–Crippen LogP) is 4.04. The lowest BCUT2D eigenvalue weighted by Crippen LogP contribution is -2.22. The van der Waals surface area contributed by atoms with Crippen molar-refractivity contribution in [1.82, 2.24) is 9.55 Å². The normalized spacial score (nSPS) is 14.4. The first kappa shape index (κ1) is 26.6. The number of phenolic OH excluding ortho intramolecular Hbond substituents is 3. The molecule has 6 rings (SSSR count). The monoisotopic (exact) mass is 572 g/mol. The first-order valence-electron chi connectivity index (χ1n) is 12.7. The third-order valence-corrected chi connectivity index (χ3v) is 7.17. The van der Waals surface area contributed by atoms with Crippen LogP contribution in [0.1, 0.15) is 29.3 Å². The van der Waals surface area contributed by atoms with Crippen LogP contribution in [0.3, 0.4) is 0 Å². The Hall–Kier alpha value is -5.65. The number of aromatic nitrogens is 2. The van der Waals surface area contributed by atoms with Crippen molar-refractivity contribution in [3.63, 3.8) is 0 Å². The minimum absolute atomic E-state index is 0.0244. The Labute approximate surface area is 237 Å². The fraction of sp³-hybridized carbons (Fsp3) is 0.167. The molecule has 0 saturated carbocycles. The molecule has 12 heteroatoms. The number of methoxy groups -OCH3 is 1. The van der Waals surface area contributed by atoms with E-state index in [0.717, 1.165) is 12.1 Å². The van der Waals surface area contributed by atoms with Crippen molar-refractivity contribution >= 4 is 16.9 Å². The van der Waals surface area contributed by atoms with Crippen LogP contribution in [0.5, 0.6) is 40.2 Å². The van der Waals surface area contributed by atoms with Crippen LogP contribution in [0.4, 0.5) is 0 Å². The molecule has 4 N–H and O–H groups in total. The summed E-state index contributed by atoms with van der Waals surface area (Å²) < 4.78 is 24.8. The molecular weight excluding hydrogens is 548 g/mol. The summed E-state index contributed by atoms with van der Waals surface area (Å²) in [6.07, 6.45) is 3.33. The molecule has 5 aromatic rings. The number of fused-ring (bicyclic) bond motifs is 3. The number of carbonyl (C=O) groups is 1. The van der Waals surface area contributed by atoms with Crippen LogP contribution in [0.2, 0.25) is 0 Å². The fourth-order valence-electron chi connectivity index (χ4n) is 5.02. The molecule has 0 amide bonds. The topological polar surface area (TPSA) is 174 Å². The van der Waals surface area contributed by atoms with E-state index in [4.69, 9.17) is 18.6 Å². The van der Waals surface area contributed by atoms with Crippen molar-refractivity contribution in [2.45, 2.75) is 18.9 Å². The van der Waals surface area contributed by atoms with Crippen LogP contribution in [-0.2, 0) is 18.4 Å². The Morgan fingerprint density at radius 2 is 1.81 bits per heavy atom. The van der Waals surface area contributed by atoms with Gasteiger partial charge < -0.3 is 43.6 Å². The lowest BCUT2D eigenvalue weighted by Gasteiger charge is -2.26. The van der Waals surface area contributed by atoms with Crippen molar-refractivity contribution in [2.24, 2.45) is 7.05 Å². The summed E-state index contributed by atoms with van der Waals surface area (Å²) in [4.78, 5) is 30.2. The Morgan fingerprint density at radius 3 is 2.52 bits per heavy atom. The Balaban J connectivity index is 1.50. The quantitative estimate of drug-likeness (QED) is 0.131. The van der Waals surface area contributed by atoms with E-state index >= 15 is 0 Å². The summed E-state index contributed by atoms with van der Waals surface area (Å²) in [5, 5.41) is 40.8. The molecule has 0 fully saturated rings. The van der Waals surface area contributed by atoms with E-state index in [1.165, 1.54) is 19.2 Å². The molecule has 3 heterocycles. The maximum absolute atomic E-state index is 13.3. The smallest absolute Gasteiger partial charge is 0.312 e. The average molecular weight is 573 g/mol. The zero-order valence-electron chi connectivity index (χ0n) is 22.3. The van der Waals surface area contributed by atoms with Gasteiger partial charge in [0.05, 0.1) is 13.5 Å². The minimum atomic E-state index is -0.939. The maximum atomic E-state index is 13.3. The van der Waals surface area contributed by atoms with Crippen LogP contribution in [0.25, 0.3) is 22.3 Å². The Kier molecular flexibility index (Phi) is 6.37. The number of hydrogen-bond acceptors (Lipinski definition) is 11. The summed E-state index contributed by atoms with van der Waals surface area (Å²) in [5.41, 5.74) is -0.0976. The van der Waals surface area contributed by atoms with Crippen LogP contribution < -0.4 is 19.6 Å². The molecule has 42 heavy (non-hydrogen) atoms. The number of carbonyl (C=O) groups excluding carboxylic acids is 1. The molecule has 3 aromatic carbocycles. The summed E-state index contributed by atoms with van der Waals surface area (Å²) in [6.45, 7) is 0.186. The van der Waals surface area contributed by atoms with E-state index in [0.29, 0.717) is 22.9 Å². The second-order valence-corrected chi connectivity index (χ2v) is 9.71. The standard InChI is InChI=1S/C30H24N2O10/c1-32-8-7-31-23(32)13-40-20-6-4-14(10-21(20)39-2)16-11-24(36)41-22-12-19(35)26-27(37)28(38)29(42-30(26)25(16)22)15-3-5-17(33)18(34)9-15/h3-10,12,16,33-35,38H,11,13H2,1-2H3/t16-/m1/s1. The van der Waals surface area contributed by atoms with Gasteiger partial charge in [0, 0.05) is 42.6 Å². The molecule has 0 spiro atoms. The SMILES string of the molecule is COc1cc([C@H]2CC(=O)Oc3cc(O)c4c(=O)c(O)c(-c5ccc(O)c(O)c5)oc4c32)ccc1OCc1nccn1C. The summed E-state index contributed by atoms with van der Waals surface area (Å²) >= 11 is 0. The molecule has 12 nitrogen and oxygen atoms in total. The summed E-state index contributed by atoms with van der Waals surface area (Å²) in [5.74, 6) is -2.41. The van der Waals surface area contributed by atoms with E-state index in [-0.39, 0.29) is 46.6 Å². The highest BCUT2D eigenvalue weighted by molar-refractivity contribution is 5.94. The minimum Gasteiger partial charge on any atom is -0.507 e. The third-order valence-electron chi connectivity index (χ3n) is 7.17. The first-order valence-corrected chi connectivity index (χ1v) is 12.7. The Morgan fingerprint density at radius 1 is 1.00 bits per heavy atom. The number of phenols is 3. The maximum Gasteiger partial charge on any atom is 0.312 e. The molecule has 1 aliphatic heterocycles. The third kappa shape index (κ3) is 4.38. The molecule has 0 unspecified atom stereocenters. The van der Waals surface area contributed by atoms with E-state index in [1.807, 2.05) is 11.6 Å². The average Bonchev–Trinajstić information content (AvgIpc) is 3.38. The number of benzene rings is 3. The molecule has 0 aliphatic carbocycles. The van der Waals surface area contributed by atoms with Gasteiger partial charge in [-0.15, -0.1) is 0 Å². The first-order chi connectivity index (χ1) is 20.2. The number of nitrogens with zero attached hydrogens (tertiary/aromatic N) is 2. The van der Waals surface area contributed by atoms with E-state index in [1.54, 1.807) is 30.6 Å². The highest BCUT2D eigenvalue weighted by atomic mass is 16.5. The van der Waals surface area contributed by atoms with Crippen LogP contribution in [-0.4, -0.2) is 43.1 Å². The number of aromatic hydroxyl groups is 4. The van der Waals surface area contributed by atoms with Gasteiger partial charge in [0.2, 0.25) is 11.2 Å². The van der Waals surface area contributed by atoms with Gasteiger partial charge in [0.1, 0.15) is 34.9 Å². The van der Waals surface area contributed by atoms with Gasteiger partial charge >= 0.3 is 5.97 Å². The Bertz CT molecular complexity index is 1940. The van der Waals surface area contributed by atoms with Crippen molar-refractivity contribution < 1.29 is 43.8 Å². The van der Waals surface area contributed by atoms with Gasteiger partial charge in [-0.1, -0.05) is 6.07 Å². The lowest BCUT2D eigenvalue weighted by molar-refractivity contribution is -0.135. The van der Waals surface area contributed by atoms with Gasteiger partial charge in [-0.05, 0) is 35.9 Å². The summed E-state index contributed by atoms with van der Waals surface area (Å²) in [6, 6.07) is 9.86. The molecule has 1 atom stereocenters.